The van der Waals surface area contributed by atoms with E-state index in [9.17, 15) is 0 Å². The molecule has 2 heterocycles. The fraction of sp³-hybridized carbons (Fsp3) is 0.706. The predicted molar refractivity (Wildman–Crippen MR) is 93.7 cm³/mol. The average molecular weight is 354 g/mol. The van der Waals surface area contributed by atoms with Crippen molar-refractivity contribution in [2.45, 2.75) is 46.6 Å². The number of pyridine rings is 1. The lowest BCUT2D eigenvalue weighted by atomic mass is 9.89. The summed E-state index contributed by atoms with van der Waals surface area (Å²) in [5.74, 6) is 2.83. The quantitative estimate of drug-likeness (QED) is 0.858. The van der Waals surface area contributed by atoms with Crippen LogP contribution in [0.4, 0.5) is 5.82 Å². The Morgan fingerprint density at radius 2 is 2.19 bits per heavy atom. The maximum absolute atomic E-state index is 4.71. The second-order valence-electron chi connectivity index (χ2n) is 6.34. The van der Waals surface area contributed by atoms with Crippen LogP contribution in [0.5, 0.6) is 0 Å². The molecule has 0 radical (unpaired) electrons. The number of aromatic nitrogens is 1. The molecule has 0 saturated carbocycles. The van der Waals surface area contributed by atoms with Gasteiger partial charge >= 0.3 is 0 Å². The predicted octanol–water partition coefficient (Wildman–Crippen LogP) is 4.22. The van der Waals surface area contributed by atoms with Gasteiger partial charge in [0.1, 0.15) is 5.82 Å². The van der Waals surface area contributed by atoms with Gasteiger partial charge in [-0.1, -0.05) is 20.8 Å². The zero-order chi connectivity index (χ0) is 15.2. The molecule has 1 aromatic heterocycles. The van der Waals surface area contributed by atoms with Gasteiger partial charge in [0.2, 0.25) is 0 Å². The molecule has 2 rings (SSSR count). The molecule has 1 saturated heterocycles. The smallest absolute Gasteiger partial charge is 0.133 e. The van der Waals surface area contributed by atoms with Crippen LogP contribution in [0.2, 0.25) is 0 Å². The number of anilines is 1. The van der Waals surface area contributed by atoms with E-state index in [0.717, 1.165) is 42.5 Å². The lowest BCUT2D eigenvalue weighted by molar-refractivity contribution is 0.351. The third kappa shape index (κ3) is 4.68. The van der Waals surface area contributed by atoms with Crippen molar-refractivity contribution in [3.63, 3.8) is 0 Å². The Morgan fingerprint density at radius 1 is 1.38 bits per heavy atom. The van der Waals surface area contributed by atoms with E-state index in [2.05, 4.69) is 53.0 Å². The fourth-order valence-electron chi connectivity index (χ4n) is 3.15. The van der Waals surface area contributed by atoms with Crippen LogP contribution in [0.3, 0.4) is 0 Å². The molecule has 4 heteroatoms. The van der Waals surface area contributed by atoms with Crippen molar-refractivity contribution >= 4 is 21.7 Å². The third-order valence-corrected chi connectivity index (χ3v) is 4.92. The van der Waals surface area contributed by atoms with Crippen LogP contribution in [0.1, 0.15) is 45.6 Å². The SMILES string of the molecule is CCNCc1cc(Br)cnc1N1CCCC(C(C)C)CC1. The summed E-state index contributed by atoms with van der Waals surface area (Å²) in [4.78, 5) is 7.19. The standard InChI is InChI=1S/C17H28BrN3/c1-4-19-11-15-10-16(18)12-20-17(15)21-8-5-6-14(7-9-21)13(2)3/h10,12-14,19H,4-9,11H2,1-3H3. The summed E-state index contributed by atoms with van der Waals surface area (Å²) in [6.07, 6.45) is 5.85. The maximum atomic E-state index is 4.71. The van der Waals surface area contributed by atoms with Crippen molar-refractivity contribution < 1.29 is 0 Å². The van der Waals surface area contributed by atoms with E-state index in [1.807, 2.05) is 6.20 Å². The number of nitrogens with one attached hydrogen (secondary N) is 1. The molecule has 0 bridgehead atoms. The molecule has 1 N–H and O–H groups in total. The van der Waals surface area contributed by atoms with Crippen LogP contribution in [0, 0.1) is 11.8 Å². The monoisotopic (exact) mass is 353 g/mol. The van der Waals surface area contributed by atoms with E-state index in [-0.39, 0.29) is 0 Å². The van der Waals surface area contributed by atoms with E-state index in [0.29, 0.717) is 0 Å². The van der Waals surface area contributed by atoms with Gasteiger partial charge in [0.15, 0.2) is 0 Å². The van der Waals surface area contributed by atoms with Crippen LogP contribution in [0.15, 0.2) is 16.7 Å². The summed E-state index contributed by atoms with van der Waals surface area (Å²) >= 11 is 3.55. The van der Waals surface area contributed by atoms with Crippen molar-refractivity contribution in [3.8, 4) is 0 Å². The number of rotatable bonds is 5. The summed E-state index contributed by atoms with van der Waals surface area (Å²) in [5, 5.41) is 3.43. The Labute approximate surface area is 137 Å². The summed E-state index contributed by atoms with van der Waals surface area (Å²) in [6, 6.07) is 2.20. The molecule has 21 heavy (non-hydrogen) atoms. The second kappa shape index (κ2) is 8.14. The van der Waals surface area contributed by atoms with Crippen molar-refractivity contribution in [1.29, 1.82) is 0 Å². The molecule has 1 unspecified atom stereocenters. The molecule has 1 atom stereocenters. The number of hydrogen-bond acceptors (Lipinski definition) is 3. The Hall–Kier alpha value is -0.610. The Balaban J connectivity index is 2.13. The number of hydrogen-bond donors (Lipinski definition) is 1. The van der Waals surface area contributed by atoms with Gasteiger partial charge in [0, 0.05) is 35.9 Å². The summed E-state index contributed by atoms with van der Waals surface area (Å²) in [5.41, 5.74) is 1.30. The fourth-order valence-corrected chi connectivity index (χ4v) is 3.53. The van der Waals surface area contributed by atoms with Crippen LogP contribution in [-0.2, 0) is 6.54 Å². The first kappa shape index (κ1) is 16.8. The molecule has 1 aliphatic rings. The third-order valence-electron chi connectivity index (χ3n) is 4.49. The highest BCUT2D eigenvalue weighted by Gasteiger charge is 2.21. The molecule has 0 aromatic carbocycles. The Bertz CT molecular complexity index is 448. The van der Waals surface area contributed by atoms with Crippen LogP contribution in [-0.4, -0.2) is 24.6 Å². The minimum Gasteiger partial charge on any atom is -0.356 e. The summed E-state index contributed by atoms with van der Waals surface area (Å²) in [7, 11) is 0. The van der Waals surface area contributed by atoms with Crippen LogP contribution >= 0.6 is 15.9 Å². The Morgan fingerprint density at radius 3 is 2.90 bits per heavy atom. The summed E-state index contributed by atoms with van der Waals surface area (Å²) in [6.45, 7) is 11.0. The Kier molecular flexibility index (Phi) is 6.49. The largest absolute Gasteiger partial charge is 0.356 e. The van der Waals surface area contributed by atoms with Crippen molar-refractivity contribution in [2.75, 3.05) is 24.5 Å². The number of nitrogens with zero attached hydrogens (tertiary/aromatic N) is 2. The van der Waals surface area contributed by atoms with Gasteiger partial charge in [-0.05, 0) is 59.6 Å². The van der Waals surface area contributed by atoms with Gasteiger partial charge < -0.3 is 10.2 Å². The molecule has 1 aliphatic heterocycles. The zero-order valence-electron chi connectivity index (χ0n) is 13.5. The van der Waals surface area contributed by atoms with Gasteiger partial charge in [-0.25, -0.2) is 4.98 Å². The molecule has 1 aromatic rings. The van der Waals surface area contributed by atoms with E-state index >= 15 is 0 Å². The first-order chi connectivity index (χ1) is 10.1. The van der Waals surface area contributed by atoms with Gasteiger partial charge in [0.05, 0.1) is 0 Å². The van der Waals surface area contributed by atoms with Gasteiger partial charge in [-0.3, -0.25) is 0 Å². The summed E-state index contributed by atoms with van der Waals surface area (Å²) < 4.78 is 1.06. The van der Waals surface area contributed by atoms with Gasteiger partial charge in [-0.15, -0.1) is 0 Å². The van der Waals surface area contributed by atoms with E-state index < -0.39 is 0 Å². The molecule has 0 aliphatic carbocycles. The van der Waals surface area contributed by atoms with Gasteiger partial charge in [-0.2, -0.15) is 0 Å². The highest BCUT2D eigenvalue weighted by Crippen LogP contribution is 2.29. The molecule has 3 nitrogen and oxygen atoms in total. The normalized spacial score (nSPS) is 19.9. The molecular weight excluding hydrogens is 326 g/mol. The first-order valence-corrected chi connectivity index (χ1v) is 9.01. The minimum absolute atomic E-state index is 0.795. The number of halogens is 1. The minimum atomic E-state index is 0.795. The molecule has 0 spiro atoms. The average Bonchev–Trinajstić information content (AvgIpc) is 2.71. The topological polar surface area (TPSA) is 28.2 Å². The lowest BCUT2D eigenvalue weighted by Crippen LogP contribution is -2.27. The molecule has 0 amide bonds. The van der Waals surface area contributed by atoms with Crippen LogP contribution in [0.25, 0.3) is 0 Å². The molecule has 1 fully saturated rings. The maximum Gasteiger partial charge on any atom is 0.133 e. The van der Waals surface area contributed by atoms with E-state index in [1.165, 1.54) is 30.6 Å². The van der Waals surface area contributed by atoms with Crippen LogP contribution < -0.4 is 10.2 Å². The highest BCUT2D eigenvalue weighted by atomic mass is 79.9. The van der Waals surface area contributed by atoms with Gasteiger partial charge in [0.25, 0.3) is 0 Å². The molecular formula is C17H28BrN3. The van der Waals surface area contributed by atoms with E-state index in [1.54, 1.807) is 0 Å². The first-order valence-electron chi connectivity index (χ1n) is 8.22. The van der Waals surface area contributed by atoms with Crippen molar-refractivity contribution in [1.82, 2.24) is 10.3 Å². The van der Waals surface area contributed by atoms with Crippen molar-refractivity contribution in [3.05, 3.63) is 22.3 Å². The highest BCUT2D eigenvalue weighted by molar-refractivity contribution is 9.10. The zero-order valence-corrected chi connectivity index (χ0v) is 15.1. The van der Waals surface area contributed by atoms with E-state index in [4.69, 9.17) is 4.98 Å². The molecule has 118 valence electrons. The van der Waals surface area contributed by atoms with Crippen molar-refractivity contribution in [2.24, 2.45) is 11.8 Å². The lowest BCUT2D eigenvalue weighted by Gasteiger charge is -2.25. The second-order valence-corrected chi connectivity index (χ2v) is 7.25.